The maximum Gasteiger partial charge on any atom is 0.251 e. The number of aryl methyl sites for hydroxylation is 1. The molecule has 0 bridgehead atoms. The average Bonchev–Trinajstić information content (AvgIpc) is 3.14. The van der Waals surface area contributed by atoms with E-state index in [-0.39, 0.29) is 11.5 Å². The molecular formula is C21H24N4O2S. The van der Waals surface area contributed by atoms with Gasteiger partial charge in [0.05, 0.1) is 10.7 Å². The van der Waals surface area contributed by atoms with Gasteiger partial charge in [-0.3, -0.25) is 14.6 Å². The highest BCUT2D eigenvalue weighted by Crippen LogP contribution is 2.21. The van der Waals surface area contributed by atoms with Gasteiger partial charge in [0.25, 0.3) is 5.91 Å². The molecule has 3 aromatic heterocycles. The summed E-state index contributed by atoms with van der Waals surface area (Å²) in [6.07, 6.45) is 5.83. The lowest BCUT2D eigenvalue weighted by atomic mass is 10.1. The molecule has 28 heavy (non-hydrogen) atoms. The van der Waals surface area contributed by atoms with Crippen LogP contribution in [0, 0.1) is 5.92 Å². The summed E-state index contributed by atoms with van der Waals surface area (Å²) in [5, 5.41) is 5.97. The van der Waals surface area contributed by atoms with Crippen LogP contribution in [-0.2, 0) is 12.8 Å². The van der Waals surface area contributed by atoms with Crippen molar-refractivity contribution in [2.24, 2.45) is 5.92 Å². The fourth-order valence-electron chi connectivity index (χ4n) is 2.91. The molecule has 0 aliphatic heterocycles. The molecule has 3 rings (SSSR count). The predicted molar refractivity (Wildman–Crippen MR) is 112 cm³/mol. The van der Waals surface area contributed by atoms with Gasteiger partial charge in [-0.25, -0.2) is 4.98 Å². The summed E-state index contributed by atoms with van der Waals surface area (Å²) >= 11 is 1.62. The van der Waals surface area contributed by atoms with Crippen molar-refractivity contribution in [3.63, 3.8) is 0 Å². The van der Waals surface area contributed by atoms with E-state index in [1.807, 2.05) is 17.5 Å². The number of nitrogens with one attached hydrogen (secondary N) is 2. The first-order valence-electron chi connectivity index (χ1n) is 9.37. The zero-order chi connectivity index (χ0) is 19.9. The fraction of sp³-hybridized carbons (Fsp3) is 0.333. The summed E-state index contributed by atoms with van der Waals surface area (Å²) < 4.78 is 0. The van der Waals surface area contributed by atoms with Crippen molar-refractivity contribution >= 4 is 17.2 Å². The number of thiazole rings is 1. The monoisotopic (exact) mass is 396 g/mol. The Morgan fingerprint density at radius 3 is 2.79 bits per heavy atom. The summed E-state index contributed by atoms with van der Waals surface area (Å²) in [6, 6.07) is 6.99. The first kappa shape index (κ1) is 19.9. The van der Waals surface area contributed by atoms with Gasteiger partial charge in [-0.15, -0.1) is 11.3 Å². The minimum atomic E-state index is -0.241. The van der Waals surface area contributed by atoms with E-state index >= 15 is 0 Å². The Morgan fingerprint density at radius 2 is 2.04 bits per heavy atom. The van der Waals surface area contributed by atoms with Gasteiger partial charge in [-0.1, -0.05) is 13.8 Å². The van der Waals surface area contributed by atoms with E-state index in [1.165, 1.54) is 6.07 Å². The van der Waals surface area contributed by atoms with E-state index in [1.54, 1.807) is 29.8 Å². The van der Waals surface area contributed by atoms with Crippen LogP contribution in [0.4, 0.5) is 0 Å². The highest BCUT2D eigenvalue weighted by Gasteiger charge is 2.10. The maximum atomic E-state index is 12.4. The lowest BCUT2D eigenvalue weighted by Crippen LogP contribution is -2.26. The van der Waals surface area contributed by atoms with Crippen molar-refractivity contribution in [2.45, 2.75) is 33.1 Å². The van der Waals surface area contributed by atoms with Crippen LogP contribution < -0.4 is 10.9 Å². The smallest absolute Gasteiger partial charge is 0.251 e. The first-order chi connectivity index (χ1) is 13.5. The molecule has 0 radical (unpaired) electrons. The van der Waals surface area contributed by atoms with Crippen molar-refractivity contribution in [1.29, 1.82) is 0 Å². The Kier molecular flexibility index (Phi) is 6.71. The van der Waals surface area contributed by atoms with E-state index in [0.29, 0.717) is 18.0 Å². The van der Waals surface area contributed by atoms with Crippen LogP contribution in [-0.4, -0.2) is 27.4 Å². The van der Waals surface area contributed by atoms with E-state index in [0.717, 1.165) is 41.2 Å². The Morgan fingerprint density at radius 1 is 1.25 bits per heavy atom. The van der Waals surface area contributed by atoms with Crippen molar-refractivity contribution < 1.29 is 4.79 Å². The number of nitrogens with zero attached hydrogens (tertiary/aromatic N) is 2. The van der Waals surface area contributed by atoms with Crippen LogP contribution in [0.5, 0.6) is 0 Å². The van der Waals surface area contributed by atoms with Crippen LogP contribution in [0.1, 0.15) is 41.3 Å². The molecule has 0 saturated carbocycles. The molecule has 7 heteroatoms. The van der Waals surface area contributed by atoms with Gasteiger partial charge in [-0.05, 0) is 37.0 Å². The standard InChI is InChI=1S/C21H24N4O2S/c1-14(2)10-17-11-16(12-19(26)24-17)21(27)23-7-3-4-20-25-18(13-28-20)15-5-8-22-9-6-15/h5-6,8-9,11-14H,3-4,7,10H2,1-2H3,(H,23,27)(H,24,26). The number of aromatic nitrogens is 3. The van der Waals surface area contributed by atoms with Gasteiger partial charge in [0, 0.05) is 53.6 Å². The third-order valence-electron chi connectivity index (χ3n) is 4.17. The number of pyridine rings is 2. The molecule has 0 saturated heterocycles. The number of carbonyl (C=O) groups is 1. The first-order valence-corrected chi connectivity index (χ1v) is 10.3. The van der Waals surface area contributed by atoms with E-state index < -0.39 is 0 Å². The van der Waals surface area contributed by atoms with E-state index in [2.05, 4.69) is 34.1 Å². The molecule has 6 nitrogen and oxygen atoms in total. The molecule has 3 heterocycles. The second kappa shape index (κ2) is 9.41. The molecule has 0 atom stereocenters. The Balaban J connectivity index is 1.50. The molecule has 1 amide bonds. The van der Waals surface area contributed by atoms with Crippen LogP contribution >= 0.6 is 11.3 Å². The molecule has 0 aromatic carbocycles. The van der Waals surface area contributed by atoms with Gasteiger partial charge in [-0.2, -0.15) is 0 Å². The topological polar surface area (TPSA) is 87.7 Å². The quantitative estimate of drug-likeness (QED) is 0.571. The maximum absolute atomic E-state index is 12.4. The van der Waals surface area contributed by atoms with Gasteiger partial charge in [0.15, 0.2) is 0 Å². The van der Waals surface area contributed by atoms with Crippen LogP contribution in [0.15, 0.2) is 46.8 Å². The summed E-state index contributed by atoms with van der Waals surface area (Å²) in [7, 11) is 0. The largest absolute Gasteiger partial charge is 0.352 e. The molecular weight excluding hydrogens is 372 g/mol. The number of aromatic amines is 1. The Labute approximate surface area is 168 Å². The third-order valence-corrected chi connectivity index (χ3v) is 5.08. The molecule has 0 fully saturated rings. The minimum Gasteiger partial charge on any atom is -0.352 e. The number of rotatable bonds is 8. The van der Waals surface area contributed by atoms with Crippen molar-refractivity contribution in [1.82, 2.24) is 20.3 Å². The highest BCUT2D eigenvalue weighted by atomic mass is 32.1. The number of hydrogen-bond donors (Lipinski definition) is 2. The number of amides is 1. The Hall–Kier alpha value is -2.80. The van der Waals surface area contributed by atoms with Crippen molar-refractivity contribution in [3.8, 4) is 11.3 Å². The lowest BCUT2D eigenvalue weighted by Gasteiger charge is -2.08. The van der Waals surface area contributed by atoms with Gasteiger partial charge < -0.3 is 10.3 Å². The third kappa shape index (κ3) is 5.60. The molecule has 0 spiro atoms. The van der Waals surface area contributed by atoms with E-state index in [9.17, 15) is 9.59 Å². The number of hydrogen-bond acceptors (Lipinski definition) is 5. The normalized spacial score (nSPS) is 11.0. The summed E-state index contributed by atoms with van der Waals surface area (Å²) in [4.78, 5) is 35.6. The van der Waals surface area contributed by atoms with Crippen LogP contribution in [0.25, 0.3) is 11.3 Å². The fourth-order valence-corrected chi connectivity index (χ4v) is 3.76. The summed E-state index contributed by atoms with van der Waals surface area (Å²) in [5.74, 6) is 0.192. The zero-order valence-corrected chi connectivity index (χ0v) is 16.9. The molecule has 0 aliphatic rings. The van der Waals surface area contributed by atoms with Crippen molar-refractivity contribution in [2.75, 3.05) is 6.54 Å². The van der Waals surface area contributed by atoms with E-state index in [4.69, 9.17) is 0 Å². The predicted octanol–water partition coefficient (Wildman–Crippen LogP) is 3.45. The van der Waals surface area contributed by atoms with Gasteiger partial charge in [0.1, 0.15) is 0 Å². The second-order valence-electron chi connectivity index (χ2n) is 7.08. The minimum absolute atomic E-state index is 0.215. The van der Waals surface area contributed by atoms with Crippen molar-refractivity contribution in [3.05, 3.63) is 68.7 Å². The second-order valence-corrected chi connectivity index (χ2v) is 8.02. The number of carbonyl (C=O) groups excluding carboxylic acids is 1. The highest BCUT2D eigenvalue weighted by molar-refractivity contribution is 7.09. The SMILES string of the molecule is CC(C)Cc1cc(C(=O)NCCCc2nc(-c3ccncc3)cs2)cc(=O)[nH]1. The van der Waals surface area contributed by atoms with Gasteiger partial charge >= 0.3 is 0 Å². The summed E-state index contributed by atoms with van der Waals surface area (Å²) in [6.45, 7) is 4.68. The van der Waals surface area contributed by atoms with Crippen LogP contribution in [0.2, 0.25) is 0 Å². The molecule has 2 N–H and O–H groups in total. The molecule has 0 unspecified atom stereocenters. The molecule has 0 aliphatic carbocycles. The zero-order valence-electron chi connectivity index (χ0n) is 16.1. The molecule has 146 valence electrons. The number of H-pyrrole nitrogens is 1. The lowest BCUT2D eigenvalue weighted by molar-refractivity contribution is 0.0953. The molecule has 3 aromatic rings. The van der Waals surface area contributed by atoms with Gasteiger partial charge in [0.2, 0.25) is 5.56 Å². The summed E-state index contributed by atoms with van der Waals surface area (Å²) in [5.41, 5.74) is 2.97. The Bertz CT molecular complexity index is 979. The average molecular weight is 397 g/mol. The van der Waals surface area contributed by atoms with Crippen LogP contribution in [0.3, 0.4) is 0 Å².